The molecule has 5 nitrogen and oxygen atoms in total. The van der Waals surface area contributed by atoms with Gasteiger partial charge in [-0.05, 0) is 29.8 Å². The first-order valence-corrected chi connectivity index (χ1v) is 5.90. The van der Waals surface area contributed by atoms with E-state index in [9.17, 15) is 14.0 Å². The van der Waals surface area contributed by atoms with Crippen LogP contribution in [0, 0.1) is 5.82 Å². The highest BCUT2D eigenvalue weighted by atomic mass is 35.5. The van der Waals surface area contributed by atoms with E-state index in [0.717, 1.165) is 0 Å². The number of hydrogen-bond acceptors (Lipinski definition) is 3. The molecule has 0 bridgehead atoms. The van der Waals surface area contributed by atoms with Crippen molar-refractivity contribution < 1.29 is 23.5 Å². The van der Waals surface area contributed by atoms with Crippen molar-refractivity contribution in [2.45, 2.75) is 6.54 Å². The predicted molar refractivity (Wildman–Crippen MR) is 68.2 cm³/mol. The molecule has 20 heavy (non-hydrogen) atoms. The Morgan fingerprint density at radius 3 is 2.55 bits per heavy atom. The molecule has 7 heteroatoms. The average Bonchev–Trinajstić information content (AvgIpc) is 2.89. The van der Waals surface area contributed by atoms with Gasteiger partial charge in [0.05, 0.1) is 5.02 Å². The number of rotatable bonds is 4. The van der Waals surface area contributed by atoms with E-state index in [0.29, 0.717) is 5.56 Å². The number of carbonyl (C=O) groups is 2. The molecule has 0 aliphatic rings. The van der Waals surface area contributed by atoms with Crippen molar-refractivity contribution in [1.29, 1.82) is 0 Å². The second-order valence-electron chi connectivity index (χ2n) is 3.90. The van der Waals surface area contributed by atoms with Crippen molar-refractivity contribution >= 4 is 23.5 Å². The van der Waals surface area contributed by atoms with E-state index in [2.05, 4.69) is 5.32 Å². The summed E-state index contributed by atoms with van der Waals surface area (Å²) < 4.78 is 17.8. The molecule has 0 unspecified atom stereocenters. The molecule has 1 aromatic heterocycles. The van der Waals surface area contributed by atoms with Crippen molar-refractivity contribution in [1.82, 2.24) is 5.32 Å². The summed E-state index contributed by atoms with van der Waals surface area (Å²) in [7, 11) is 0. The van der Waals surface area contributed by atoms with Gasteiger partial charge < -0.3 is 14.8 Å². The monoisotopic (exact) mass is 297 g/mol. The molecule has 104 valence electrons. The highest BCUT2D eigenvalue weighted by Crippen LogP contribution is 2.16. The van der Waals surface area contributed by atoms with E-state index < -0.39 is 17.7 Å². The first kappa shape index (κ1) is 14.1. The van der Waals surface area contributed by atoms with Crippen LogP contribution in [0.1, 0.15) is 26.7 Å². The first-order valence-electron chi connectivity index (χ1n) is 5.52. The van der Waals surface area contributed by atoms with E-state index in [4.69, 9.17) is 21.1 Å². The van der Waals surface area contributed by atoms with Crippen LogP contribution in [0.25, 0.3) is 0 Å². The third-order valence-corrected chi connectivity index (χ3v) is 2.77. The van der Waals surface area contributed by atoms with Crippen molar-refractivity contribution in [2.24, 2.45) is 0 Å². The predicted octanol–water partition coefficient (Wildman–Crippen LogP) is 2.70. The van der Waals surface area contributed by atoms with Gasteiger partial charge in [-0.25, -0.2) is 9.18 Å². The Balaban J connectivity index is 2.00. The third-order valence-electron chi connectivity index (χ3n) is 2.48. The molecule has 0 saturated heterocycles. The lowest BCUT2D eigenvalue weighted by Crippen LogP contribution is -2.22. The molecule has 0 fully saturated rings. The number of benzene rings is 1. The standard InChI is InChI=1S/C13H9ClFNO4/c14-8-5-7(1-2-9(8)15)6-16-12(17)10-3-4-11(20-10)13(18)19/h1-5H,6H2,(H,16,17)(H,18,19). The number of furan rings is 1. The lowest BCUT2D eigenvalue weighted by atomic mass is 10.2. The zero-order valence-corrected chi connectivity index (χ0v) is 10.8. The largest absolute Gasteiger partial charge is 0.475 e. The Bertz CT molecular complexity index is 668. The van der Waals surface area contributed by atoms with Crippen molar-refractivity contribution in [2.75, 3.05) is 0 Å². The summed E-state index contributed by atoms with van der Waals surface area (Å²) in [6.07, 6.45) is 0. The molecule has 1 heterocycles. The molecule has 2 rings (SSSR count). The van der Waals surface area contributed by atoms with Gasteiger partial charge in [-0.2, -0.15) is 0 Å². The van der Waals surface area contributed by atoms with Crippen LogP contribution in [0.2, 0.25) is 5.02 Å². The van der Waals surface area contributed by atoms with E-state index in [1.165, 1.54) is 30.3 Å². The quantitative estimate of drug-likeness (QED) is 0.909. The number of carbonyl (C=O) groups excluding carboxylic acids is 1. The highest BCUT2D eigenvalue weighted by Gasteiger charge is 2.14. The first-order chi connectivity index (χ1) is 9.47. The molecule has 1 aromatic carbocycles. The van der Waals surface area contributed by atoms with Gasteiger partial charge in [0.15, 0.2) is 5.76 Å². The van der Waals surface area contributed by atoms with E-state index >= 15 is 0 Å². The zero-order valence-electron chi connectivity index (χ0n) is 10.0. The Kier molecular flexibility index (Phi) is 4.05. The lowest BCUT2D eigenvalue weighted by Gasteiger charge is -2.04. The van der Waals surface area contributed by atoms with Crippen molar-refractivity contribution in [3.05, 3.63) is 58.3 Å². The summed E-state index contributed by atoms with van der Waals surface area (Å²) in [5.74, 6) is -2.80. The minimum absolute atomic E-state index is 0.0390. The third kappa shape index (κ3) is 3.16. The fraction of sp³-hybridized carbons (Fsp3) is 0.0769. The topological polar surface area (TPSA) is 79.5 Å². The Morgan fingerprint density at radius 2 is 1.95 bits per heavy atom. The summed E-state index contributed by atoms with van der Waals surface area (Å²) >= 11 is 5.61. The summed E-state index contributed by atoms with van der Waals surface area (Å²) in [6, 6.07) is 6.51. The SMILES string of the molecule is O=C(O)c1ccc(C(=O)NCc2ccc(F)c(Cl)c2)o1. The number of nitrogens with one attached hydrogen (secondary N) is 1. The van der Waals surface area contributed by atoms with Gasteiger partial charge in [-0.1, -0.05) is 17.7 Å². The number of hydrogen-bond donors (Lipinski definition) is 2. The van der Waals surface area contributed by atoms with Gasteiger partial charge in [0.2, 0.25) is 5.76 Å². The molecule has 0 aliphatic heterocycles. The van der Waals surface area contributed by atoms with Crippen LogP contribution >= 0.6 is 11.6 Å². The summed E-state index contributed by atoms with van der Waals surface area (Å²) in [4.78, 5) is 22.3. The minimum atomic E-state index is -1.26. The zero-order chi connectivity index (χ0) is 14.7. The van der Waals surface area contributed by atoms with E-state index in [-0.39, 0.29) is 23.1 Å². The second kappa shape index (κ2) is 5.75. The van der Waals surface area contributed by atoms with Crippen LogP contribution in [-0.4, -0.2) is 17.0 Å². The average molecular weight is 298 g/mol. The number of aromatic carboxylic acids is 1. The molecule has 2 aromatic rings. The molecular formula is C13H9ClFNO4. The molecule has 0 spiro atoms. The molecule has 1 amide bonds. The smallest absolute Gasteiger partial charge is 0.371 e. The summed E-state index contributed by atoms with van der Waals surface area (Å²) in [6.45, 7) is 0.113. The van der Waals surface area contributed by atoms with Gasteiger partial charge in [0.25, 0.3) is 5.91 Å². The lowest BCUT2D eigenvalue weighted by molar-refractivity contribution is 0.0659. The van der Waals surface area contributed by atoms with Crippen molar-refractivity contribution in [3.8, 4) is 0 Å². The number of amides is 1. The fourth-order valence-corrected chi connectivity index (χ4v) is 1.70. The minimum Gasteiger partial charge on any atom is -0.475 e. The van der Waals surface area contributed by atoms with E-state index in [1.54, 1.807) is 0 Å². The molecular weight excluding hydrogens is 289 g/mol. The Labute approximate surface area is 118 Å². The molecule has 0 radical (unpaired) electrons. The number of carboxylic acid groups (broad SMARTS) is 1. The van der Waals surface area contributed by atoms with Gasteiger partial charge in [0.1, 0.15) is 5.82 Å². The van der Waals surface area contributed by atoms with Crippen LogP contribution in [-0.2, 0) is 6.54 Å². The van der Waals surface area contributed by atoms with Crippen LogP contribution in [0.3, 0.4) is 0 Å². The van der Waals surface area contributed by atoms with Crippen LogP contribution in [0.5, 0.6) is 0 Å². The van der Waals surface area contributed by atoms with Crippen molar-refractivity contribution in [3.63, 3.8) is 0 Å². The number of halogens is 2. The fourth-order valence-electron chi connectivity index (χ4n) is 1.49. The number of carboxylic acids is 1. The molecule has 0 saturated carbocycles. The molecule has 0 aliphatic carbocycles. The highest BCUT2D eigenvalue weighted by molar-refractivity contribution is 6.30. The van der Waals surface area contributed by atoms with Crippen LogP contribution in [0.15, 0.2) is 34.7 Å². The maximum absolute atomic E-state index is 13.0. The van der Waals surface area contributed by atoms with E-state index in [1.807, 2.05) is 0 Å². The molecule has 2 N–H and O–H groups in total. The molecule has 0 atom stereocenters. The maximum Gasteiger partial charge on any atom is 0.371 e. The van der Waals surface area contributed by atoms with Gasteiger partial charge in [0, 0.05) is 6.54 Å². The van der Waals surface area contributed by atoms with Gasteiger partial charge in [-0.3, -0.25) is 4.79 Å². The normalized spacial score (nSPS) is 10.3. The van der Waals surface area contributed by atoms with Crippen LogP contribution < -0.4 is 5.32 Å². The summed E-state index contributed by atoms with van der Waals surface area (Å²) in [5, 5.41) is 11.1. The summed E-state index contributed by atoms with van der Waals surface area (Å²) in [5.41, 5.74) is 0.606. The van der Waals surface area contributed by atoms with Gasteiger partial charge in [-0.15, -0.1) is 0 Å². The van der Waals surface area contributed by atoms with Crippen LogP contribution in [0.4, 0.5) is 4.39 Å². The Morgan fingerprint density at radius 1 is 1.25 bits per heavy atom. The second-order valence-corrected chi connectivity index (χ2v) is 4.31. The van der Waals surface area contributed by atoms with Gasteiger partial charge >= 0.3 is 5.97 Å². The maximum atomic E-state index is 13.0. The Hall–Kier alpha value is -2.34.